The summed E-state index contributed by atoms with van der Waals surface area (Å²) in [5, 5.41) is 4.38. The summed E-state index contributed by atoms with van der Waals surface area (Å²) < 4.78 is 28.1. The molecule has 4 rings (SSSR count). The van der Waals surface area contributed by atoms with E-state index < -0.39 is 16.1 Å². The van der Waals surface area contributed by atoms with Crippen molar-refractivity contribution < 1.29 is 18.0 Å². The summed E-state index contributed by atoms with van der Waals surface area (Å²) >= 11 is 7.15. The summed E-state index contributed by atoms with van der Waals surface area (Å²) in [5.74, 6) is -0.393. The Morgan fingerprint density at radius 2 is 2.00 bits per heavy atom. The summed E-state index contributed by atoms with van der Waals surface area (Å²) in [6, 6.07) is 3.23. The maximum absolute atomic E-state index is 13.2. The molecule has 4 heterocycles. The zero-order chi connectivity index (χ0) is 25.0. The predicted molar refractivity (Wildman–Crippen MR) is 139 cm³/mol. The van der Waals surface area contributed by atoms with Crippen LogP contribution < -0.4 is 10.0 Å². The maximum atomic E-state index is 13.2. The molecule has 0 saturated carbocycles. The number of nitrogens with one attached hydrogen (secondary N) is 2. The lowest BCUT2D eigenvalue weighted by Crippen LogP contribution is -2.55. The largest absolute Gasteiger partial charge is 0.337 e. The highest BCUT2D eigenvalue weighted by Gasteiger charge is 2.36. The number of carbonyl (C=O) groups excluding carboxylic acids is 2. The minimum absolute atomic E-state index is 0.00373. The lowest BCUT2D eigenvalue weighted by atomic mass is 10.1. The number of amides is 2. The second-order valence-corrected chi connectivity index (χ2v) is 12.8. The van der Waals surface area contributed by atoms with Crippen LogP contribution in [-0.4, -0.2) is 99.4 Å². The van der Waals surface area contributed by atoms with E-state index in [0.29, 0.717) is 41.2 Å². The molecular weight excluding hydrogens is 510 g/mol. The van der Waals surface area contributed by atoms with Crippen molar-refractivity contribution in [2.75, 3.05) is 46.3 Å². The number of hydrogen-bond donors (Lipinski definition) is 2. The van der Waals surface area contributed by atoms with Crippen LogP contribution in [0.2, 0.25) is 4.34 Å². The summed E-state index contributed by atoms with van der Waals surface area (Å²) in [7, 11) is -1.84. The molecule has 2 N–H and O–H groups in total. The van der Waals surface area contributed by atoms with Crippen molar-refractivity contribution in [2.24, 2.45) is 0 Å². The fourth-order valence-electron chi connectivity index (χ4n) is 5.16. The second-order valence-electron chi connectivity index (χ2n) is 9.48. The van der Waals surface area contributed by atoms with E-state index in [0.717, 1.165) is 44.3 Å². The molecule has 9 nitrogen and oxygen atoms in total. The molecule has 3 aliphatic rings. The van der Waals surface area contributed by atoms with Gasteiger partial charge in [-0.05, 0) is 63.9 Å². The van der Waals surface area contributed by atoms with E-state index in [1.807, 2.05) is 11.9 Å². The molecule has 1 aromatic heterocycles. The highest BCUT2D eigenvalue weighted by atomic mass is 35.5. The highest BCUT2D eigenvalue weighted by molar-refractivity contribution is 7.92. The Hall–Kier alpha value is -1.50. The van der Waals surface area contributed by atoms with Crippen molar-refractivity contribution in [3.63, 3.8) is 0 Å². The van der Waals surface area contributed by atoms with Gasteiger partial charge in [0.25, 0.3) is 0 Å². The summed E-state index contributed by atoms with van der Waals surface area (Å²) in [6.45, 7) is 4.06. The zero-order valence-electron chi connectivity index (χ0n) is 20.0. The number of piperidine rings is 1. The van der Waals surface area contributed by atoms with Crippen LogP contribution >= 0.6 is 22.9 Å². The number of carbonyl (C=O) groups is 2. The molecule has 194 valence electrons. The number of likely N-dealkylation sites (N-methyl/N-ethyl adjacent to an activating group) is 1. The molecule has 3 aliphatic heterocycles. The van der Waals surface area contributed by atoms with Crippen LogP contribution in [0.3, 0.4) is 0 Å². The number of nitrogens with zero attached hydrogens (tertiary/aromatic N) is 3. The number of thiophene rings is 1. The first kappa shape index (κ1) is 26.6. The van der Waals surface area contributed by atoms with Gasteiger partial charge in [-0.1, -0.05) is 11.6 Å². The minimum atomic E-state index is -3.82. The van der Waals surface area contributed by atoms with E-state index in [9.17, 15) is 18.0 Å². The maximum Gasteiger partial charge on any atom is 0.242 e. The molecular formula is C23H34ClN5O4S2. The Labute approximate surface area is 216 Å². The molecule has 1 aromatic rings. The lowest BCUT2D eigenvalue weighted by molar-refractivity contribution is -0.143. The quantitative estimate of drug-likeness (QED) is 0.490. The van der Waals surface area contributed by atoms with Crippen LogP contribution in [-0.2, 0) is 19.6 Å². The van der Waals surface area contributed by atoms with E-state index in [1.54, 1.807) is 12.1 Å². The van der Waals surface area contributed by atoms with Crippen molar-refractivity contribution in [1.82, 2.24) is 24.7 Å². The van der Waals surface area contributed by atoms with Crippen LogP contribution in [0.4, 0.5) is 0 Å². The third-order valence-electron chi connectivity index (χ3n) is 7.02. The van der Waals surface area contributed by atoms with E-state index in [2.05, 4.69) is 14.9 Å². The third-order valence-corrected chi connectivity index (χ3v) is 9.32. The smallest absolute Gasteiger partial charge is 0.242 e. The van der Waals surface area contributed by atoms with Gasteiger partial charge in [0.05, 0.1) is 10.9 Å². The van der Waals surface area contributed by atoms with Gasteiger partial charge in [0.1, 0.15) is 6.04 Å². The van der Waals surface area contributed by atoms with Gasteiger partial charge in [-0.25, -0.2) is 8.42 Å². The van der Waals surface area contributed by atoms with Crippen molar-refractivity contribution in [3.8, 4) is 0 Å². The fourth-order valence-corrected chi connectivity index (χ4v) is 7.23. The summed E-state index contributed by atoms with van der Waals surface area (Å²) in [4.78, 5) is 32.7. The average Bonchev–Trinajstić information content (AvgIpc) is 3.57. The Morgan fingerprint density at radius 3 is 2.71 bits per heavy atom. The SMILES string of the molecule is CNC1CCN(CC2CCCN2C(=O)CN2CCC[C@H](NS(=O)(=O)/C=C/c3ccc(Cl)s3)C2=O)C1. The molecule has 35 heavy (non-hydrogen) atoms. The molecule has 0 bridgehead atoms. The first-order valence-corrected chi connectivity index (χ1v) is 14.9. The summed E-state index contributed by atoms with van der Waals surface area (Å²) in [6.07, 6.45) is 5.57. The normalized spacial score (nSPS) is 26.3. The number of likely N-dealkylation sites (tertiary alicyclic amines) is 3. The van der Waals surface area contributed by atoms with Crippen molar-refractivity contribution in [1.29, 1.82) is 0 Å². The summed E-state index contributed by atoms with van der Waals surface area (Å²) in [5.41, 5.74) is 0. The first-order valence-electron chi connectivity index (χ1n) is 12.2. The van der Waals surface area contributed by atoms with E-state index >= 15 is 0 Å². The number of rotatable bonds is 9. The van der Waals surface area contributed by atoms with Gasteiger partial charge in [-0.2, -0.15) is 4.72 Å². The predicted octanol–water partition coefficient (Wildman–Crippen LogP) is 1.57. The molecule has 0 aromatic carbocycles. The molecule has 0 spiro atoms. The van der Waals surface area contributed by atoms with Crippen LogP contribution in [0.15, 0.2) is 17.5 Å². The number of hydrogen-bond acceptors (Lipinski definition) is 7. The zero-order valence-corrected chi connectivity index (χ0v) is 22.4. The Morgan fingerprint density at radius 1 is 1.20 bits per heavy atom. The average molecular weight is 544 g/mol. The molecule has 3 atom stereocenters. The van der Waals surface area contributed by atoms with Crippen LogP contribution in [0, 0.1) is 0 Å². The van der Waals surface area contributed by atoms with Gasteiger partial charge >= 0.3 is 0 Å². The van der Waals surface area contributed by atoms with Gasteiger partial charge in [0, 0.05) is 48.5 Å². The first-order chi connectivity index (χ1) is 16.7. The second kappa shape index (κ2) is 11.7. The Balaban J connectivity index is 1.31. The topological polar surface area (TPSA) is 102 Å². The number of sulfonamides is 1. The standard InChI is InChI=1S/C23H34ClN5O4S2/c1-25-17-8-12-27(14-17)15-18-4-2-11-29(18)22(30)16-28-10-3-5-20(23(28)31)26-35(32,33)13-9-19-6-7-21(24)34-19/h6-7,9,13,17-18,20,25-26H,2-5,8,10-12,14-16H2,1H3/b13-9+/t17?,18?,20-/m0/s1. The highest BCUT2D eigenvalue weighted by Crippen LogP contribution is 2.24. The molecule has 3 fully saturated rings. The van der Waals surface area contributed by atoms with Gasteiger partial charge in [-0.15, -0.1) is 11.3 Å². The van der Waals surface area contributed by atoms with Crippen LogP contribution in [0.25, 0.3) is 6.08 Å². The fraction of sp³-hybridized carbons (Fsp3) is 0.652. The minimum Gasteiger partial charge on any atom is -0.337 e. The number of halogens is 1. The van der Waals surface area contributed by atoms with Gasteiger partial charge < -0.3 is 15.1 Å². The Bertz CT molecular complexity index is 1050. The Kier molecular flexibility index (Phi) is 8.88. The molecule has 0 aliphatic carbocycles. The van der Waals surface area contributed by atoms with Gasteiger partial charge in [0.15, 0.2) is 0 Å². The lowest BCUT2D eigenvalue weighted by Gasteiger charge is -2.34. The van der Waals surface area contributed by atoms with E-state index in [1.165, 1.54) is 22.3 Å². The monoisotopic (exact) mass is 543 g/mol. The molecule has 0 radical (unpaired) electrons. The molecule has 2 unspecified atom stereocenters. The van der Waals surface area contributed by atoms with Gasteiger partial charge in [-0.3, -0.25) is 14.5 Å². The van der Waals surface area contributed by atoms with E-state index in [4.69, 9.17) is 11.6 Å². The van der Waals surface area contributed by atoms with Crippen molar-refractivity contribution >= 4 is 50.9 Å². The van der Waals surface area contributed by atoms with E-state index in [-0.39, 0.29) is 24.4 Å². The molecule has 2 amide bonds. The van der Waals surface area contributed by atoms with Crippen molar-refractivity contribution in [2.45, 2.75) is 50.2 Å². The van der Waals surface area contributed by atoms with Crippen LogP contribution in [0.1, 0.15) is 37.0 Å². The van der Waals surface area contributed by atoms with Gasteiger partial charge in [0.2, 0.25) is 21.8 Å². The van der Waals surface area contributed by atoms with Crippen LogP contribution in [0.5, 0.6) is 0 Å². The molecule has 3 saturated heterocycles. The third kappa shape index (κ3) is 7.05. The molecule has 12 heteroatoms. The van der Waals surface area contributed by atoms with Crippen molar-refractivity contribution in [3.05, 3.63) is 26.8 Å².